The van der Waals surface area contributed by atoms with Crippen LogP contribution >= 0.6 is 0 Å². The Morgan fingerprint density at radius 1 is 1.00 bits per heavy atom. The molecule has 0 radical (unpaired) electrons. The summed E-state index contributed by atoms with van der Waals surface area (Å²) >= 11 is 0. The minimum absolute atomic E-state index is 0.0913. The number of pyridine rings is 1. The Hall–Kier alpha value is -3.87. The number of benzene rings is 2. The van der Waals surface area contributed by atoms with Gasteiger partial charge in [-0.3, -0.25) is 9.78 Å². The van der Waals surface area contributed by atoms with E-state index >= 15 is 0 Å². The molecule has 0 aliphatic rings. The molecule has 0 spiro atoms. The largest absolute Gasteiger partial charge is 0.493 e. The van der Waals surface area contributed by atoms with E-state index in [0.29, 0.717) is 39.9 Å². The summed E-state index contributed by atoms with van der Waals surface area (Å²) in [7, 11) is 3.11. The first kappa shape index (κ1) is 18.5. The summed E-state index contributed by atoms with van der Waals surface area (Å²) in [5.41, 5.74) is 2.56. The van der Waals surface area contributed by atoms with Crippen LogP contribution < -0.4 is 14.2 Å². The van der Waals surface area contributed by atoms with Crippen molar-refractivity contribution in [1.29, 1.82) is 0 Å². The highest BCUT2D eigenvalue weighted by Crippen LogP contribution is 2.29. The van der Waals surface area contributed by atoms with E-state index in [1.54, 1.807) is 56.8 Å². The van der Waals surface area contributed by atoms with Gasteiger partial charge in [-0.15, -0.1) is 0 Å². The number of esters is 1. The first-order chi connectivity index (χ1) is 14.2. The summed E-state index contributed by atoms with van der Waals surface area (Å²) in [6.45, 7) is 0. The lowest BCUT2D eigenvalue weighted by atomic mass is 10.1. The average molecular weight is 390 g/mol. The SMILES string of the molecule is COc1ccc(CC(=O)Oc2ccc3nc(-c4ccccn4)oc3c2)cc1OC. The summed E-state index contributed by atoms with van der Waals surface area (Å²) in [5, 5.41) is 0. The molecule has 146 valence electrons. The number of aromatic nitrogens is 2. The molecule has 0 bridgehead atoms. The van der Waals surface area contributed by atoms with Crippen molar-refractivity contribution in [2.45, 2.75) is 6.42 Å². The molecule has 0 saturated heterocycles. The molecule has 2 aromatic heterocycles. The van der Waals surface area contributed by atoms with E-state index in [9.17, 15) is 4.79 Å². The number of hydrogen-bond acceptors (Lipinski definition) is 7. The highest BCUT2D eigenvalue weighted by molar-refractivity contribution is 5.80. The molecule has 4 rings (SSSR count). The summed E-state index contributed by atoms with van der Waals surface area (Å²) in [5.74, 6) is 1.55. The number of ether oxygens (including phenoxy) is 3. The van der Waals surface area contributed by atoms with Crippen LogP contribution in [0, 0.1) is 0 Å². The molecule has 0 unspecified atom stereocenters. The summed E-state index contributed by atoms with van der Waals surface area (Å²) < 4.78 is 21.7. The Morgan fingerprint density at radius 2 is 1.86 bits per heavy atom. The topological polar surface area (TPSA) is 83.7 Å². The van der Waals surface area contributed by atoms with E-state index in [1.807, 2.05) is 18.2 Å². The Bertz CT molecular complexity index is 1150. The van der Waals surface area contributed by atoms with E-state index in [2.05, 4.69) is 9.97 Å². The predicted molar refractivity (Wildman–Crippen MR) is 106 cm³/mol. The molecule has 2 heterocycles. The van der Waals surface area contributed by atoms with Crippen molar-refractivity contribution < 1.29 is 23.4 Å². The van der Waals surface area contributed by atoms with Gasteiger partial charge in [-0.05, 0) is 42.0 Å². The molecule has 4 aromatic rings. The zero-order valence-electron chi connectivity index (χ0n) is 15.9. The second-order valence-corrected chi connectivity index (χ2v) is 6.20. The van der Waals surface area contributed by atoms with Gasteiger partial charge in [0, 0.05) is 12.3 Å². The van der Waals surface area contributed by atoms with Crippen LogP contribution in [0.1, 0.15) is 5.56 Å². The quantitative estimate of drug-likeness (QED) is 0.363. The fraction of sp³-hybridized carbons (Fsp3) is 0.136. The van der Waals surface area contributed by atoms with Gasteiger partial charge in [0.1, 0.15) is 17.0 Å². The number of nitrogens with zero attached hydrogens (tertiary/aromatic N) is 2. The summed E-state index contributed by atoms with van der Waals surface area (Å²) in [4.78, 5) is 21.0. The lowest BCUT2D eigenvalue weighted by Gasteiger charge is -2.09. The van der Waals surface area contributed by atoms with E-state index in [-0.39, 0.29) is 6.42 Å². The van der Waals surface area contributed by atoms with Crippen LogP contribution in [0.15, 0.2) is 65.2 Å². The molecule has 0 fully saturated rings. The number of fused-ring (bicyclic) bond motifs is 1. The van der Waals surface area contributed by atoms with Gasteiger partial charge < -0.3 is 18.6 Å². The normalized spacial score (nSPS) is 10.7. The zero-order valence-corrected chi connectivity index (χ0v) is 15.9. The third-order valence-electron chi connectivity index (χ3n) is 4.27. The predicted octanol–water partition coefficient (Wildman–Crippen LogP) is 4.06. The van der Waals surface area contributed by atoms with Gasteiger partial charge in [0.25, 0.3) is 0 Å². The van der Waals surface area contributed by atoms with E-state index in [0.717, 1.165) is 5.56 Å². The molecule has 0 aliphatic heterocycles. The van der Waals surface area contributed by atoms with Crippen molar-refractivity contribution in [2.75, 3.05) is 14.2 Å². The van der Waals surface area contributed by atoms with Crippen molar-refractivity contribution in [3.8, 4) is 28.8 Å². The monoisotopic (exact) mass is 390 g/mol. The highest BCUT2D eigenvalue weighted by atomic mass is 16.5. The molecule has 2 aromatic carbocycles. The first-order valence-electron chi connectivity index (χ1n) is 8.90. The van der Waals surface area contributed by atoms with Crippen LogP contribution in [0.4, 0.5) is 0 Å². The van der Waals surface area contributed by atoms with Crippen LogP contribution in [0.25, 0.3) is 22.7 Å². The van der Waals surface area contributed by atoms with Crippen molar-refractivity contribution in [3.63, 3.8) is 0 Å². The van der Waals surface area contributed by atoms with Crippen molar-refractivity contribution >= 4 is 17.1 Å². The van der Waals surface area contributed by atoms with Crippen LogP contribution in [-0.4, -0.2) is 30.2 Å². The van der Waals surface area contributed by atoms with Gasteiger partial charge in [0.15, 0.2) is 17.1 Å². The van der Waals surface area contributed by atoms with Gasteiger partial charge >= 0.3 is 5.97 Å². The van der Waals surface area contributed by atoms with E-state index in [1.165, 1.54) is 0 Å². The minimum atomic E-state index is -0.402. The molecule has 0 atom stereocenters. The van der Waals surface area contributed by atoms with Gasteiger partial charge in [0.2, 0.25) is 5.89 Å². The number of methoxy groups -OCH3 is 2. The van der Waals surface area contributed by atoms with Gasteiger partial charge in [-0.2, -0.15) is 0 Å². The molecule has 0 N–H and O–H groups in total. The fourth-order valence-electron chi connectivity index (χ4n) is 2.89. The number of carbonyl (C=O) groups excluding carboxylic acids is 1. The molecule has 7 heteroatoms. The molecule has 0 saturated carbocycles. The summed E-state index contributed by atoms with van der Waals surface area (Å²) in [6.07, 6.45) is 1.76. The van der Waals surface area contributed by atoms with Crippen molar-refractivity contribution in [3.05, 3.63) is 66.4 Å². The molecular formula is C22H18N2O5. The second-order valence-electron chi connectivity index (χ2n) is 6.20. The Labute approximate surface area is 166 Å². The molecule has 29 heavy (non-hydrogen) atoms. The lowest BCUT2D eigenvalue weighted by molar-refractivity contribution is -0.133. The van der Waals surface area contributed by atoms with Crippen molar-refractivity contribution in [2.24, 2.45) is 0 Å². The second kappa shape index (κ2) is 8.02. The molecular weight excluding hydrogens is 372 g/mol. The smallest absolute Gasteiger partial charge is 0.315 e. The maximum Gasteiger partial charge on any atom is 0.315 e. The maximum atomic E-state index is 12.3. The van der Waals surface area contributed by atoms with E-state index in [4.69, 9.17) is 18.6 Å². The third kappa shape index (κ3) is 4.03. The number of rotatable bonds is 6. The number of hydrogen-bond donors (Lipinski definition) is 0. The number of carbonyl (C=O) groups is 1. The van der Waals surface area contributed by atoms with Crippen molar-refractivity contribution in [1.82, 2.24) is 9.97 Å². The minimum Gasteiger partial charge on any atom is -0.493 e. The summed E-state index contributed by atoms with van der Waals surface area (Å²) in [6, 6.07) is 15.8. The third-order valence-corrected chi connectivity index (χ3v) is 4.27. The Kier molecular flexibility index (Phi) is 5.11. The molecule has 0 amide bonds. The van der Waals surface area contributed by atoms with Crippen LogP contribution in [0.5, 0.6) is 17.2 Å². The average Bonchev–Trinajstić information content (AvgIpc) is 3.17. The molecule has 7 nitrogen and oxygen atoms in total. The maximum absolute atomic E-state index is 12.3. The first-order valence-corrected chi connectivity index (χ1v) is 8.90. The van der Waals surface area contributed by atoms with Gasteiger partial charge in [0.05, 0.1) is 20.6 Å². The highest BCUT2D eigenvalue weighted by Gasteiger charge is 2.13. The lowest BCUT2D eigenvalue weighted by Crippen LogP contribution is -2.11. The fourth-order valence-corrected chi connectivity index (χ4v) is 2.89. The number of oxazole rings is 1. The molecule has 0 aliphatic carbocycles. The standard InChI is InChI=1S/C22H18N2O5/c1-26-18-9-6-14(11-20(18)27-2)12-21(25)28-15-7-8-16-19(13-15)29-22(24-16)17-5-3-4-10-23-17/h3-11,13H,12H2,1-2H3. The van der Waals surface area contributed by atoms with Gasteiger partial charge in [-0.1, -0.05) is 12.1 Å². The van der Waals surface area contributed by atoms with E-state index < -0.39 is 5.97 Å². The van der Waals surface area contributed by atoms with Crippen LogP contribution in [-0.2, 0) is 11.2 Å². The Balaban J connectivity index is 1.49. The van der Waals surface area contributed by atoms with Gasteiger partial charge in [-0.25, -0.2) is 4.98 Å². The Morgan fingerprint density at radius 3 is 2.62 bits per heavy atom. The zero-order chi connectivity index (χ0) is 20.2. The van der Waals surface area contributed by atoms with Crippen LogP contribution in [0.3, 0.4) is 0 Å². The van der Waals surface area contributed by atoms with Crippen LogP contribution in [0.2, 0.25) is 0 Å².